The van der Waals surface area contributed by atoms with Crippen LogP contribution in [0.2, 0.25) is 0 Å². The lowest BCUT2D eigenvalue weighted by Gasteiger charge is -2.21. The summed E-state index contributed by atoms with van der Waals surface area (Å²) in [6.07, 6.45) is 1.90. The average Bonchev–Trinajstić information content (AvgIpc) is 3.17. The zero-order valence-electron chi connectivity index (χ0n) is 9.70. The first-order valence-corrected chi connectivity index (χ1v) is 5.77. The van der Waals surface area contributed by atoms with Crippen molar-refractivity contribution in [3.05, 3.63) is 35.4 Å². The number of carbonyl (C=O) groups excluding carboxylic acids is 1. The van der Waals surface area contributed by atoms with Crippen LogP contribution in [0, 0.1) is 23.0 Å². The minimum atomic E-state index is -1.12. The van der Waals surface area contributed by atoms with E-state index in [9.17, 15) is 13.6 Å². The van der Waals surface area contributed by atoms with Crippen LogP contribution < -0.4 is 0 Å². The monoisotopic (exact) mass is 250 g/mol. The van der Waals surface area contributed by atoms with Crippen LogP contribution in [0.3, 0.4) is 0 Å². The Bertz CT molecular complexity index is 506. The minimum absolute atomic E-state index is 0.0634. The highest BCUT2D eigenvalue weighted by molar-refractivity contribution is 5.94. The van der Waals surface area contributed by atoms with Gasteiger partial charge >= 0.3 is 0 Å². The summed E-state index contributed by atoms with van der Waals surface area (Å²) in [6, 6.07) is 5.56. The van der Waals surface area contributed by atoms with Gasteiger partial charge in [0.25, 0.3) is 5.91 Å². The van der Waals surface area contributed by atoms with E-state index >= 15 is 0 Å². The minimum Gasteiger partial charge on any atom is -0.335 e. The van der Waals surface area contributed by atoms with Gasteiger partial charge in [-0.3, -0.25) is 4.79 Å². The largest absolute Gasteiger partial charge is 0.335 e. The highest BCUT2D eigenvalue weighted by Gasteiger charge is 2.33. The van der Waals surface area contributed by atoms with Crippen LogP contribution in [0.25, 0.3) is 0 Å². The van der Waals surface area contributed by atoms with Gasteiger partial charge in [0.2, 0.25) is 0 Å². The average molecular weight is 250 g/mol. The fourth-order valence-corrected chi connectivity index (χ4v) is 1.83. The number of amides is 1. The Labute approximate surface area is 104 Å². The number of nitriles is 1. The quantitative estimate of drug-likeness (QED) is 0.824. The van der Waals surface area contributed by atoms with E-state index in [1.807, 2.05) is 6.07 Å². The molecule has 5 heteroatoms. The van der Waals surface area contributed by atoms with Crippen LogP contribution in [-0.4, -0.2) is 23.4 Å². The lowest BCUT2D eigenvalue weighted by atomic mass is 10.1. The van der Waals surface area contributed by atoms with Crippen molar-refractivity contribution in [2.24, 2.45) is 0 Å². The molecule has 0 N–H and O–H groups in total. The van der Waals surface area contributed by atoms with Crippen LogP contribution in [0.5, 0.6) is 0 Å². The van der Waals surface area contributed by atoms with Gasteiger partial charge in [0.05, 0.1) is 18.1 Å². The predicted molar refractivity (Wildman–Crippen MR) is 60.6 cm³/mol. The number of halogens is 2. The summed E-state index contributed by atoms with van der Waals surface area (Å²) >= 11 is 0. The van der Waals surface area contributed by atoms with Crippen molar-refractivity contribution in [3.8, 4) is 6.07 Å². The second-order valence-corrected chi connectivity index (χ2v) is 4.24. The molecule has 0 bridgehead atoms. The first kappa shape index (κ1) is 12.5. The molecule has 1 saturated carbocycles. The molecule has 1 amide bonds. The third-order valence-electron chi connectivity index (χ3n) is 2.90. The number of nitrogens with zero attached hydrogens (tertiary/aromatic N) is 2. The lowest BCUT2D eigenvalue weighted by molar-refractivity contribution is 0.0741. The zero-order valence-corrected chi connectivity index (χ0v) is 9.70. The van der Waals surface area contributed by atoms with Crippen molar-refractivity contribution in [1.82, 2.24) is 4.90 Å². The van der Waals surface area contributed by atoms with E-state index in [1.54, 1.807) is 0 Å². The fraction of sp³-hybridized carbons (Fsp3) is 0.385. The first-order chi connectivity index (χ1) is 8.65. The van der Waals surface area contributed by atoms with E-state index in [0.29, 0.717) is 0 Å². The maximum atomic E-state index is 13.5. The van der Waals surface area contributed by atoms with E-state index in [-0.39, 0.29) is 24.6 Å². The van der Waals surface area contributed by atoms with Crippen molar-refractivity contribution in [2.45, 2.75) is 25.3 Å². The Morgan fingerprint density at radius 3 is 2.78 bits per heavy atom. The molecule has 1 fully saturated rings. The molecular formula is C13H12F2N2O. The molecular weight excluding hydrogens is 238 g/mol. The summed E-state index contributed by atoms with van der Waals surface area (Å²) < 4.78 is 26.6. The Morgan fingerprint density at radius 2 is 2.17 bits per heavy atom. The van der Waals surface area contributed by atoms with Crippen LogP contribution in [-0.2, 0) is 0 Å². The van der Waals surface area contributed by atoms with Crippen LogP contribution >= 0.6 is 0 Å². The molecule has 94 valence electrons. The molecule has 1 aliphatic rings. The number of rotatable bonds is 4. The van der Waals surface area contributed by atoms with Gasteiger partial charge in [0.1, 0.15) is 0 Å². The molecule has 1 aromatic rings. The Hall–Kier alpha value is -1.96. The molecule has 0 atom stereocenters. The van der Waals surface area contributed by atoms with Crippen LogP contribution in [0.15, 0.2) is 18.2 Å². The van der Waals surface area contributed by atoms with Gasteiger partial charge in [0.15, 0.2) is 11.6 Å². The third-order valence-corrected chi connectivity index (χ3v) is 2.90. The SMILES string of the molecule is N#CCCN(C(=O)c1cccc(F)c1F)C1CC1. The standard InChI is InChI=1S/C13H12F2N2O/c14-11-4-1-3-10(12(11)15)13(18)17(8-2-7-16)9-5-6-9/h1,3-4,9H,2,5-6,8H2. The summed E-state index contributed by atoms with van der Waals surface area (Å²) in [5, 5.41) is 8.55. The zero-order chi connectivity index (χ0) is 13.1. The van der Waals surface area contributed by atoms with Gasteiger partial charge in [-0.15, -0.1) is 0 Å². The molecule has 0 spiro atoms. The summed E-state index contributed by atoms with van der Waals surface area (Å²) in [4.78, 5) is 13.6. The van der Waals surface area contributed by atoms with Gasteiger partial charge < -0.3 is 4.90 Å². The molecule has 18 heavy (non-hydrogen) atoms. The van der Waals surface area contributed by atoms with E-state index in [4.69, 9.17) is 5.26 Å². The van der Waals surface area contributed by atoms with Gasteiger partial charge in [-0.05, 0) is 25.0 Å². The Kier molecular flexibility index (Phi) is 3.56. The van der Waals surface area contributed by atoms with E-state index in [0.717, 1.165) is 18.9 Å². The first-order valence-electron chi connectivity index (χ1n) is 5.77. The molecule has 0 aromatic heterocycles. The van der Waals surface area contributed by atoms with Crippen molar-refractivity contribution in [2.75, 3.05) is 6.54 Å². The molecule has 0 saturated heterocycles. The van der Waals surface area contributed by atoms with Gasteiger partial charge in [0, 0.05) is 12.6 Å². The second kappa shape index (κ2) is 5.13. The summed E-state index contributed by atoms with van der Waals surface area (Å²) in [5.74, 6) is -2.69. The van der Waals surface area contributed by atoms with E-state index < -0.39 is 17.5 Å². The maximum absolute atomic E-state index is 13.5. The second-order valence-electron chi connectivity index (χ2n) is 4.24. The topological polar surface area (TPSA) is 44.1 Å². The molecule has 0 radical (unpaired) electrons. The molecule has 1 aromatic carbocycles. The highest BCUT2D eigenvalue weighted by atomic mass is 19.2. The molecule has 1 aliphatic carbocycles. The van der Waals surface area contributed by atoms with Gasteiger partial charge in [-0.2, -0.15) is 5.26 Å². The maximum Gasteiger partial charge on any atom is 0.257 e. The summed E-state index contributed by atoms with van der Waals surface area (Å²) in [6.45, 7) is 0.260. The molecule has 0 unspecified atom stereocenters. The number of hydrogen-bond donors (Lipinski definition) is 0. The highest BCUT2D eigenvalue weighted by Crippen LogP contribution is 2.29. The predicted octanol–water partition coefficient (Wildman–Crippen LogP) is 2.48. The fourth-order valence-electron chi connectivity index (χ4n) is 1.83. The molecule has 3 nitrogen and oxygen atoms in total. The third kappa shape index (κ3) is 2.48. The van der Waals surface area contributed by atoms with Crippen molar-refractivity contribution < 1.29 is 13.6 Å². The molecule has 2 rings (SSSR count). The summed E-state index contributed by atoms with van der Waals surface area (Å²) in [5.41, 5.74) is -0.264. The van der Waals surface area contributed by atoms with Gasteiger partial charge in [-0.25, -0.2) is 8.78 Å². The van der Waals surface area contributed by atoms with E-state index in [1.165, 1.54) is 17.0 Å². The van der Waals surface area contributed by atoms with Crippen molar-refractivity contribution in [1.29, 1.82) is 5.26 Å². The molecule has 0 aliphatic heterocycles. The van der Waals surface area contributed by atoms with Gasteiger partial charge in [-0.1, -0.05) is 6.07 Å². The summed E-state index contributed by atoms with van der Waals surface area (Å²) in [7, 11) is 0. The van der Waals surface area contributed by atoms with Crippen LogP contribution in [0.1, 0.15) is 29.6 Å². The Balaban J connectivity index is 2.22. The Morgan fingerprint density at radius 1 is 1.44 bits per heavy atom. The molecule has 0 heterocycles. The van der Waals surface area contributed by atoms with Crippen molar-refractivity contribution >= 4 is 5.91 Å². The van der Waals surface area contributed by atoms with Crippen molar-refractivity contribution in [3.63, 3.8) is 0 Å². The number of carbonyl (C=O) groups is 1. The smallest absolute Gasteiger partial charge is 0.257 e. The normalized spacial score (nSPS) is 14.1. The number of benzene rings is 1. The lowest BCUT2D eigenvalue weighted by Crippen LogP contribution is -2.34. The van der Waals surface area contributed by atoms with Crippen LogP contribution in [0.4, 0.5) is 8.78 Å². The van der Waals surface area contributed by atoms with E-state index in [2.05, 4.69) is 0 Å². The number of hydrogen-bond acceptors (Lipinski definition) is 2.